The van der Waals surface area contributed by atoms with Gasteiger partial charge in [-0.25, -0.2) is 0 Å². The van der Waals surface area contributed by atoms with Gasteiger partial charge in [-0.3, -0.25) is 0 Å². The van der Waals surface area contributed by atoms with Crippen molar-refractivity contribution in [1.82, 2.24) is 20.2 Å². The Morgan fingerprint density at radius 2 is 1.95 bits per heavy atom. The van der Waals surface area contributed by atoms with Gasteiger partial charge in [0.05, 0.1) is 21.4 Å². The van der Waals surface area contributed by atoms with Crippen molar-refractivity contribution in [2.45, 2.75) is 0 Å². The maximum Gasteiger partial charge on any atom is 0.187 e. The van der Waals surface area contributed by atoms with Gasteiger partial charge in [-0.15, -0.1) is 5.10 Å². The van der Waals surface area contributed by atoms with E-state index in [4.69, 9.17) is 28.9 Å². The molecular formula is C13H8BrCl2N5. The molecule has 0 saturated heterocycles. The zero-order valence-corrected chi connectivity index (χ0v) is 13.6. The summed E-state index contributed by atoms with van der Waals surface area (Å²) in [4.78, 5) is 0. The number of hydrogen-bond donors (Lipinski definition) is 1. The molecule has 0 aliphatic carbocycles. The third kappa shape index (κ3) is 2.74. The number of halogens is 3. The Morgan fingerprint density at radius 1 is 1.14 bits per heavy atom. The number of nitrogen functional groups attached to an aromatic ring is 1. The maximum atomic E-state index is 6.06. The Hall–Kier alpha value is -1.63. The number of tetrazole rings is 1. The van der Waals surface area contributed by atoms with E-state index in [1.165, 1.54) is 0 Å². The summed E-state index contributed by atoms with van der Waals surface area (Å²) in [5, 5.41) is 12.4. The molecule has 0 radical (unpaired) electrons. The molecule has 2 aromatic carbocycles. The summed E-state index contributed by atoms with van der Waals surface area (Å²) in [5.41, 5.74) is 7.72. The largest absolute Gasteiger partial charge is 0.397 e. The fourth-order valence-electron chi connectivity index (χ4n) is 1.89. The van der Waals surface area contributed by atoms with E-state index in [1.807, 2.05) is 24.3 Å². The van der Waals surface area contributed by atoms with E-state index in [0.717, 1.165) is 10.2 Å². The van der Waals surface area contributed by atoms with Crippen molar-refractivity contribution in [3.05, 3.63) is 50.9 Å². The van der Waals surface area contributed by atoms with Gasteiger partial charge < -0.3 is 5.73 Å². The minimum absolute atomic E-state index is 0.321. The monoisotopic (exact) mass is 383 g/mol. The fourth-order valence-corrected chi connectivity index (χ4v) is 2.61. The van der Waals surface area contributed by atoms with Crippen molar-refractivity contribution in [1.29, 1.82) is 0 Å². The van der Waals surface area contributed by atoms with E-state index >= 15 is 0 Å². The first-order valence-electron chi connectivity index (χ1n) is 5.85. The van der Waals surface area contributed by atoms with Crippen LogP contribution >= 0.6 is 39.1 Å². The number of hydrogen-bond acceptors (Lipinski definition) is 4. The molecule has 0 aliphatic rings. The smallest absolute Gasteiger partial charge is 0.187 e. The molecule has 8 heteroatoms. The molecule has 1 heterocycles. The standard InChI is InChI=1S/C13H8BrCl2N5/c14-8-2-1-3-9(6-8)21-13(18-19-20-21)7-4-10(15)12(16)11(17)5-7/h1-6H,17H2. The molecule has 0 fully saturated rings. The second-order valence-corrected chi connectivity index (χ2v) is 5.96. The highest BCUT2D eigenvalue weighted by Crippen LogP contribution is 2.33. The summed E-state index contributed by atoms with van der Waals surface area (Å²) in [6.07, 6.45) is 0. The van der Waals surface area contributed by atoms with E-state index in [9.17, 15) is 0 Å². The number of nitrogens with zero attached hydrogens (tertiary/aromatic N) is 4. The SMILES string of the molecule is Nc1cc(-c2nnnn2-c2cccc(Br)c2)cc(Cl)c1Cl. The van der Waals surface area contributed by atoms with Gasteiger partial charge in [0, 0.05) is 10.0 Å². The summed E-state index contributed by atoms with van der Waals surface area (Å²) < 4.78 is 2.53. The van der Waals surface area contributed by atoms with Gasteiger partial charge in [0.15, 0.2) is 5.82 Å². The molecule has 0 unspecified atom stereocenters. The van der Waals surface area contributed by atoms with E-state index in [0.29, 0.717) is 27.1 Å². The van der Waals surface area contributed by atoms with E-state index < -0.39 is 0 Å². The molecule has 0 bridgehead atoms. The normalized spacial score (nSPS) is 10.8. The highest BCUT2D eigenvalue weighted by atomic mass is 79.9. The molecule has 1 aromatic heterocycles. The molecule has 2 N–H and O–H groups in total. The van der Waals surface area contributed by atoms with Crippen molar-refractivity contribution < 1.29 is 0 Å². The van der Waals surface area contributed by atoms with Crippen LogP contribution in [0.2, 0.25) is 10.0 Å². The van der Waals surface area contributed by atoms with Gasteiger partial charge in [0.25, 0.3) is 0 Å². The molecule has 3 aromatic rings. The Bertz CT molecular complexity index is 795. The topological polar surface area (TPSA) is 69.6 Å². The van der Waals surface area contributed by atoms with E-state index in [1.54, 1.807) is 16.8 Å². The Labute approximate surface area is 138 Å². The molecule has 0 atom stereocenters. The van der Waals surface area contributed by atoms with Gasteiger partial charge in [-0.05, 0) is 40.8 Å². The molecule has 106 valence electrons. The number of anilines is 1. The Balaban J connectivity index is 2.16. The van der Waals surface area contributed by atoms with Crippen molar-refractivity contribution in [3.63, 3.8) is 0 Å². The summed E-state index contributed by atoms with van der Waals surface area (Å²) in [6.45, 7) is 0. The number of aromatic nitrogens is 4. The fraction of sp³-hybridized carbons (Fsp3) is 0. The van der Waals surface area contributed by atoms with Crippen molar-refractivity contribution in [3.8, 4) is 17.1 Å². The highest BCUT2D eigenvalue weighted by molar-refractivity contribution is 9.10. The molecule has 0 saturated carbocycles. The summed E-state index contributed by atoms with van der Waals surface area (Å²) in [7, 11) is 0. The lowest BCUT2D eigenvalue weighted by Gasteiger charge is -2.07. The second-order valence-electron chi connectivity index (χ2n) is 4.26. The lowest BCUT2D eigenvalue weighted by molar-refractivity contribution is 0.791. The molecule has 0 amide bonds. The first-order chi connectivity index (χ1) is 10.1. The van der Waals surface area contributed by atoms with Gasteiger partial charge >= 0.3 is 0 Å². The van der Waals surface area contributed by atoms with Gasteiger partial charge in [-0.2, -0.15) is 4.68 Å². The maximum absolute atomic E-state index is 6.06. The lowest BCUT2D eigenvalue weighted by atomic mass is 10.2. The number of rotatable bonds is 2. The third-order valence-corrected chi connectivity index (χ3v) is 4.15. The van der Waals surface area contributed by atoms with Crippen LogP contribution in [-0.2, 0) is 0 Å². The summed E-state index contributed by atoms with van der Waals surface area (Å²) >= 11 is 15.5. The van der Waals surface area contributed by atoms with Crippen LogP contribution in [0.3, 0.4) is 0 Å². The average Bonchev–Trinajstić information content (AvgIpc) is 2.93. The van der Waals surface area contributed by atoms with Crippen LogP contribution in [0.15, 0.2) is 40.9 Å². The predicted molar refractivity (Wildman–Crippen MR) is 86.7 cm³/mol. The van der Waals surface area contributed by atoms with Crippen molar-refractivity contribution >= 4 is 44.8 Å². The molecular weight excluding hydrogens is 377 g/mol. The predicted octanol–water partition coefficient (Wildman–Crippen LogP) is 3.98. The zero-order chi connectivity index (χ0) is 15.0. The van der Waals surface area contributed by atoms with Gasteiger partial charge in [0.1, 0.15) is 0 Å². The van der Waals surface area contributed by atoms with Crippen molar-refractivity contribution in [2.24, 2.45) is 0 Å². The summed E-state index contributed by atoms with van der Waals surface area (Å²) in [5.74, 6) is 0.526. The average molecular weight is 385 g/mol. The first kappa shape index (κ1) is 14.3. The van der Waals surface area contributed by atoms with Gasteiger partial charge in [-0.1, -0.05) is 45.2 Å². The molecule has 21 heavy (non-hydrogen) atoms. The third-order valence-electron chi connectivity index (χ3n) is 2.84. The molecule has 3 rings (SSSR count). The van der Waals surface area contributed by atoms with Crippen LogP contribution in [0.5, 0.6) is 0 Å². The molecule has 0 aliphatic heterocycles. The van der Waals surface area contributed by atoms with Crippen LogP contribution in [0, 0.1) is 0 Å². The van der Waals surface area contributed by atoms with E-state index in [-0.39, 0.29) is 0 Å². The molecule has 5 nitrogen and oxygen atoms in total. The van der Waals surface area contributed by atoms with Crippen LogP contribution in [0.4, 0.5) is 5.69 Å². The summed E-state index contributed by atoms with van der Waals surface area (Å²) in [6, 6.07) is 11.0. The Kier molecular flexibility index (Phi) is 3.84. The van der Waals surface area contributed by atoms with Crippen LogP contribution in [-0.4, -0.2) is 20.2 Å². The minimum atomic E-state index is 0.321. The first-order valence-corrected chi connectivity index (χ1v) is 7.40. The zero-order valence-electron chi connectivity index (χ0n) is 10.5. The highest BCUT2D eigenvalue weighted by Gasteiger charge is 2.14. The van der Waals surface area contributed by atoms with Gasteiger partial charge in [0.2, 0.25) is 0 Å². The van der Waals surface area contributed by atoms with E-state index in [2.05, 4.69) is 31.5 Å². The molecule has 0 spiro atoms. The lowest BCUT2D eigenvalue weighted by Crippen LogP contribution is -2.00. The number of benzene rings is 2. The quantitative estimate of drug-likeness (QED) is 0.678. The van der Waals surface area contributed by atoms with Crippen LogP contribution in [0.25, 0.3) is 17.1 Å². The van der Waals surface area contributed by atoms with Crippen molar-refractivity contribution in [2.75, 3.05) is 5.73 Å². The Morgan fingerprint density at radius 3 is 2.67 bits per heavy atom. The van der Waals surface area contributed by atoms with Crippen LogP contribution in [0.1, 0.15) is 0 Å². The van der Waals surface area contributed by atoms with Crippen LogP contribution < -0.4 is 5.73 Å². The second kappa shape index (κ2) is 5.63. The minimum Gasteiger partial charge on any atom is -0.397 e. The number of nitrogens with two attached hydrogens (primary N) is 1.